The average Bonchev–Trinajstić information content (AvgIpc) is 2.52. The Morgan fingerprint density at radius 1 is 1.13 bits per heavy atom. The lowest BCUT2D eigenvalue weighted by molar-refractivity contribution is 0.0505. The van der Waals surface area contributed by atoms with Crippen LogP contribution in [0.5, 0.6) is 0 Å². The van der Waals surface area contributed by atoms with E-state index in [1.165, 1.54) is 0 Å². The van der Waals surface area contributed by atoms with E-state index < -0.39 is 0 Å². The maximum absolute atomic E-state index is 12.2. The molecule has 1 amide bonds. The molecule has 0 atom stereocenters. The van der Waals surface area contributed by atoms with Crippen LogP contribution in [0.15, 0.2) is 36.4 Å². The van der Waals surface area contributed by atoms with Gasteiger partial charge in [-0.25, -0.2) is 9.78 Å². The summed E-state index contributed by atoms with van der Waals surface area (Å²) >= 11 is 0. The van der Waals surface area contributed by atoms with Crippen molar-refractivity contribution in [3.05, 3.63) is 58.9 Å². The largest absolute Gasteiger partial charge is 0.462 e. The van der Waals surface area contributed by atoms with Gasteiger partial charge in [0.05, 0.1) is 12.2 Å². The summed E-state index contributed by atoms with van der Waals surface area (Å²) in [6, 6.07) is 10.2. The minimum absolute atomic E-state index is 0.280. The van der Waals surface area contributed by atoms with Crippen molar-refractivity contribution in [1.29, 1.82) is 0 Å². The van der Waals surface area contributed by atoms with Gasteiger partial charge < -0.3 is 10.1 Å². The van der Waals surface area contributed by atoms with E-state index in [0.717, 1.165) is 17.7 Å². The van der Waals surface area contributed by atoms with Gasteiger partial charge in [0.2, 0.25) is 0 Å². The lowest BCUT2D eigenvalue weighted by atomic mass is 10.2. The molecule has 0 bridgehead atoms. The average molecular weight is 312 g/mol. The van der Waals surface area contributed by atoms with Crippen molar-refractivity contribution in [3.63, 3.8) is 0 Å². The van der Waals surface area contributed by atoms with Gasteiger partial charge in [-0.2, -0.15) is 0 Å². The van der Waals surface area contributed by atoms with Crippen molar-refractivity contribution < 1.29 is 14.3 Å². The van der Waals surface area contributed by atoms with Crippen LogP contribution in [0.25, 0.3) is 0 Å². The number of rotatable bonds is 5. The molecule has 5 heteroatoms. The van der Waals surface area contributed by atoms with Gasteiger partial charge >= 0.3 is 5.97 Å². The van der Waals surface area contributed by atoms with Crippen LogP contribution < -0.4 is 5.32 Å². The molecule has 120 valence electrons. The Kier molecular flexibility index (Phi) is 5.46. The van der Waals surface area contributed by atoms with Crippen LogP contribution in [0.1, 0.15) is 45.4 Å². The maximum atomic E-state index is 12.2. The molecule has 2 aromatic rings. The normalized spacial score (nSPS) is 10.2. The smallest absolute Gasteiger partial charge is 0.338 e. The Hall–Kier alpha value is -2.69. The van der Waals surface area contributed by atoms with Crippen LogP contribution in [0, 0.1) is 13.8 Å². The Morgan fingerprint density at radius 3 is 2.43 bits per heavy atom. The zero-order valence-corrected chi connectivity index (χ0v) is 13.6. The van der Waals surface area contributed by atoms with Crippen LogP contribution >= 0.6 is 0 Å². The summed E-state index contributed by atoms with van der Waals surface area (Å²) in [5.41, 5.74) is 3.21. The van der Waals surface area contributed by atoms with E-state index in [4.69, 9.17) is 4.74 Å². The molecule has 1 heterocycles. The van der Waals surface area contributed by atoms with Gasteiger partial charge in [-0.3, -0.25) is 4.79 Å². The second-order valence-corrected chi connectivity index (χ2v) is 5.34. The third-order valence-electron chi connectivity index (χ3n) is 3.15. The van der Waals surface area contributed by atoms with Gasteiger partial charge in [0.15, 0.2) is 0 Å². The van der Waals surface area contributed by atoms with E-state index in [0.29, 0.717) is 23.6 Å². The quantitative estimate of drug-likeness (QED) is 0.858. The summed E-state index contributed by atoms with van der Waals surface area (Å²) in [7, 11) is 0. The van der Waals surface area contributed by atoms with Crippen molar-refractivity contribution in [1.82, 2.24) is 4.98 Å². The molecule has 0 unspecified atom stereocenters. The van der Waals surface area contributed by atoms with Gasteiger partial charge in [0.1, 0.15) is 5.69 Å². The number of nitrogens with one attached hydrogen (secondary N) is 1. The standard InChI is InChI=1S/C18H20N2O3/c1-4-9-23-18(22)14-5-7-15(8-6-14)20-17(21)16-11-12(2)10-13(3)19-16/h5-8,10-11H,4,9H2,1-3H3,(H,20,21). The molecular formula is C18H20N2O3. The van der Waals surface area contributed by atoms with E-state index in [2.05, 4.69) is 10.3 Å². The molecule has 1 aromatic carbocycles. The first kappa shape index (κ1) is 16.7. The number of hydrogen-bond donors (Lipinski definition) is 1. The predicted octanol–water partition coefficient (Wildman–Crippen LogP) is 3.52. The number of aryl methyl sites for hydroxylation is 2. The zero-order chi connectivity index (χ0) is 16.8. The number of amides is 1. The van der Waals surface area contributed by atoms with Crippen LogP contribution in [0.3, 0.4) is 0 Å². The molecule has 0 radical (unpaired) electrons. The number of carbonyl (C=O) groups excluding carboxylic acids is 2. The molecule has 1 aromatic heterocycles. The lowest BCUT2D eigenvalue weighted by Crippen LogP contribution is -2.14. The number of anilines is 1. The summed E-state index contributed by atoms with van der Waals surface area (Å²) in [6.07, 6.45) is 0.781. The molecule has 0 saturated heterocycles. The van der Waals surface area contributed by atoms with E-state index in [1.807, 2.05) is 26.8 Å². The highest BCUT2D eigenvalue weighted by Crippen LogP contribution is 2.13. The van der Waals surface area contributed by atoms with Crippen molar-refractivity contribution in [2.75, 3.05) is 11.9 Å². The number of pyridine rings is 1. The second-order valence-electron chi connectivity index (χ2n) is 5.34. The fourth-order valence-electron chi connectivity index (χ4n) is 2.12. The molecule has 0 aliphatic carbocycles. The third-order valence-corrected chi connectivity index (χ3v) is 3.15. The Morgan fingerprint density at radius 2 is 1.83 bits per heavy atom. The highest BCUT2D eigenvalue weighted by Gasteiger charge is 2.10. The van der Waals surface area contributed by atoms with Gasteiger partial charge in [0, 0.05) is 11.4 Å². The van der Waals surface area contributed by atoms with Crippen LogP contribution in [0.2, 0.25) is 0 Å². The van der Waals surface area contributed by atoms with Gasteiger partial charge in [0.25, 0.3) is 5.91 Å². The van der Waals surface area contributed by atoms with Crippen molar-refractivity contribution >= 4 is 17.6 Å². The van der Waals surface area contributed by atoms with Crippen LogP contribution in [-0.4, -0.2) is 23.5 Å². The predicted molar refractivity (Wildman–Crippen MR) is 88.7 cm³/mol. The van der Waals surface area contributed by atoms with E-state index in [-0.39, 0.29) is 11.9 Å². The second kappa shape index (κ2) is 7.54. The molecular weight excluding hydrogens is 292 g/mol. The highest BCUT2D eigenvalue weighted by molar-refractivity contribution is 6.03. The van der Waals surface area contributed by atoms with Crippen LogP contribution in [0.4, 0.5) is 5.69 Å². The summed E-state index contributed by atoms with van der Waals surface area (Å²) in [5.74, 6) is -0.640. The van der Waals surface area contributed by atoms with Crippen molar-refractivity contribution in [2.24, 2.45) is 0 Å². The number of benzene rings is 1. The monoisotopic (exact) mass is 312 g/mol. The fraction of sp³-hybridized carbons (Fsp3) is 0.278. The summed E-state index contributed by atoms with van der Waals surface area (Å²) in [4.78, 5) is 28.2. The maximum Gasteiger partial charge on any atom is 0.338 e. The number of hydrogen-bond acceptors (Lipinski definition) is 4. The Bertz CT molecular complexity index is 688. The Balaban J connectivity index is 2.05. The molecule has 0 spiro atoms. The minimum atomic E-state index is -0.360. The first-order valence-corrected chi connectivity index (χ1v) is 7.53. The summed E-state index contributed by atoms with van der Waals surface area (Å²) in [5, 5.41) is 2.77. The number of ether oxygens (including phenoxy) is 1. The Labute approximate surface area is 135 Å². The summed E-state index contributed by atoms with van der Waals surface area (Å²) < 4.78 is 5.06. The first-order chi connectivity index (χ1) is 11.0. The molecule has 2 rings (SSSR count). The third kappa shape index (κ3) is 4.64. The number of esters is 1. The van der Waals surface area contributed by atoms with Gasteiger partial charge in [-0.1, -0.05) is 6.92 Å². The molecule has 1 N–H and O–H groups in total. The molecule has 0 aliphatic rings. The summed E-state index contributed by atoms with van der Waals surface area (Å²) in [6.45, 7) is 6.10. The molecule has 5 nitrogen and oxygen atoms in total. The molecule has 0 aliphatic heterocycles. The number of carbonyl (C=O) groups is 2. The number of aromatic nitrogens is 1. The highest BCUT2D eigenvalue weighted by atomic mass is 16.5. The molecule has 0 fully saturated rings. The van der Waals surface area contributed by atoms with E-state index in [9.17, 15) is 9.59 Å². The van der Waals surface area contributed by atoms with Crippen LogP contribution in [-0.2, 0) is 4.74 Å². The van der Waals surface area contributed by atoms with E-state index >= 15 is 0 Å². The fourth-order valence-corrected chi connectivity index (χ4v) is 2.12. The molecule has 0 saturated carbocycles. The van der Waals surface area contributed by atoms with Crippen molar-refractivity contribution in [2.45, 2.75) is 27.2 Å². The lowest BCUT2D eigenvalue weighted by Gasteiger charge is -2.07. The first-order valence-electron chi connectivity index (χ1n) is 7.53. The minimum Gasteiger partial charge on any atom is -0.462 e. The van der Waals surface area contributed by atoms with Gasteiger partial charge in [-0.15, -0.1) is 0 Å². The van der Waals surface area contributed by atoms with E-state index in [1.54, 1.807) is 30.3 Å². The zero-order valence-electron chi connectivity index (χ0n) is 13.6. The van der Waals surface area contributed by atoms with Gasteiger partial charge in [-0.05, 0) is 62.2 Å². The SMILES string of the molecule is CCCOC(=O)c1ccc(NC(=O)c2cc(C)cc(C)n2)cc1. The number of nitrogens with zero attached hydrogens (tertiary/aromatic N) is 1. The molecule has 23 heavy (non-hydrogen) atoms. The topological polar surface area (TPSA) is 68.3 Å². The van der Waals surface area contributed by atoms with Crippen molar-refractivity contribution in [3.8, 4) is 0 Å².